The molecular formula is C9H12N2O2. The van der Waals surface area contributed by atoms with E-state index in [1.807, 2.05) is 0 Å². The molecule has 1 heterocycles. The monoisotopic (exact) mass is 180 g/mol. The molecule has 1 rings (SSSR count). The molecule has 1 aliphatic heterocycles. The van der Waals surface area contributed by atoms with Crippen LogP contribution in [0, 0.1) is 18.3 Å². The first-order valence-corrected chi connectivity index (χ1v) is 4.12. The number of nitrogens with zero attached hydrogens (tertiary/aromatic N) is 1. The zero-order valence-electron chi connectivity index (χ0n) is 7.54. The maximum atomic E-state index is 11.2. The molecule has 1 N–H and O–H groups in total. The van der Waals surface area contributed by atoms with Crippen LogP contribution in [-0.2, 0) is 9.59 Å². The van der Waals surface area contributed by atoms with Crippen LogP contribution in [0.3, 0.4) is 0 Å². The Kier molecular flexibility index (Phi) is 2.91. The molecule has 4 heteroatoms. The molecule has 1 fully saturated rings. The van der Waals surface area contributed by atoms with E-state index < -0.39 is 0 Å². The fraction of sp³-hybridized carbons (Fsp3) is 0.556. The number of hydrogen-bond donors (Lipinski definition) is 1. The summed E-state index contributed by atoms with van der Waals surface area (Å²) in [5.41, 5.74) is 0. The van der Waals surface area contributed by atoms with Crippen molar-refractivity contribution in [2.75, 3.05) is 19.6 Å². The van der Waals surface area contributed by atoms with Crippen molar-refractivity contribution in [1.82, 2.24) is 10.2 Å². The summed E-state index contributed by atoms with van der Waals surface area (Å²) in [7, 11) is 0. The highest BCUT2D eigenvalue weighted by atomic mass is 16.2. The van der Waals surface area contributed by atoms with E-state index in [9.17, 15) is 9.59 Å². The van der Waals surface area contributed by atoms with Crippen molar-refractivity contribution in [2.24, 2.45) is 5.92 Å². The normalized spacial score (nSPS) is 15.8. The Labute approximate surface area is 77.3 Å². The summed E-state index contributed by atoms with van der Waals surface area (Å²) in [6, 6.07) is 0. The molecule has 0 bridgehead atoms. The van der Waals surface area contributed by atoms with Crippen LogP contribution in [0.1, 0.15) is 6.92 Å². The topological polar surface area (TPSA) is 49.4 Å². The van der Waals surface area contributed by atoms with Crippen LogP contribution < -0.4 is 5.32 Å². The summed E-state index contributed by atoms with van der Waals surface area (Å²) in [4.78, 5) is 23.6. The van der Waals surface area contributed by atoms with Crippen molar-refractivity contribution >= 4 is 11.8 Å². The first kappa shape index (κ1) is 9.59. The zero-order valence-corrected chi connectivity index (χ0v) is 7.54. The maximum absolute atomic E-state index is 11.2. The predicted octanol–water partition coefficient (Wildman–Crippen LogP) is -0.786. The average Bonchev–Trinajstić information content (AvgIpc) is 1.97. The van der Waals surface area contributed by atoms with Crippen LogP contribution in [0.4, 0.5) is 0 Å². The van der Waals surface area contributed by atoms with Crippen LogP contribution >= 0.6 is 0 Å². The first-order chi connectivity index (χ1) is 6.15. The van der Waals surface area contributed by atoms with E-state index in [4.69, 9.17) is 6.42 Å². The van der Waals surface area contributed by atoms with E-state index in [1.54, 1.807) is 4.90 Å². The minimum absolute atomic E-state index is 0.0148. The summed E-state index contributed by atoms with van der Waals surface area (Å²) in [6.45, 7) is 2.79. The highest BCUT2D eigenvalue weighted by Gasteiger charge is 2.33. The summed E-state index contributed by atoms with van der Waals surface area (Å²) >= 11 is 0. The van der Waals surface area contributed by atoms with Gasteiger partial charge < -0.3 is 10.2 Å². The third-order valence-electron chi connectivity index (χ3n) is 2.06. The van der Waals surface area contributed by atoms with Gasteiger partial charge in [-0.3, -0.25) is 9.59 Å². The summed E-state index contributed by atoms with van der Waals surface area (Å²) in [6.07, 6.45) is 4.98. The van der Waals surface area contributed by atoms with Crippen molar-refractivity contribution < 1.29 is 9.59 Å². The van der Waals surface area contributed by atoms with E-state index in [2.05, 4.69) is 11.2 Å². The van der Waals surface area contributed by atoms with E-state index in [0.717, 1.165) is 0 Å². The maximum Gasteiger partial charge on any atom is 0.227 e. The van der Waals surface area contributed by atoms with Crippen LogP contribution in [-0.4, -0.2) is 36.3 Å². The van der Waals surface area contributed by atoms with Crippen LogP contribution in [0.5, 0.6) is 0 Å². The fourth-order valence-corrected chi connectivity index (χ4v) is 1.18. The lowest BCUT2D eigenvalue weighted by molar-refractivity contribution is -0.141. The van der Waals surface area contributed by atoms with Crippen molar-refractivity contribution in [3.63, 3.8) is 0 Å². The molecule has 1 aliphatic rings. The lowest BCUT2D eigenvalue weighted by Crippen LogP contribution is -2.55. The molecule has 0 atom stereocenters. The average molecular weight is 180 g/mol. The molecule has 4 nitrogen and oxygen atoms in total. The second-order valence-electron chi connectivity index (χ2n) is 3.04. The standard InChI is InChI=1S/C9H12N2O2/c1-3-4-10-9(13)8-5-11(6-8)7(2)12/h1,8H,4-6H2,2H3,(H,10,13). The van der Waals surface area contributed by atoms with Gasteiger partial charge in [0.25, 0.3) is 0 Å². The Morgan fingerprint density at radius 1 is 1.62 bits per heavy atom. The molecule has 0 aliphatic carbocycles. The van der Waals surface area contributed by atoms with Crippen molar-refractivity contribution in [3.8, 4) is 12.3 Å². The number of amides is 2. The molecule has 0 aromatic carbocycles. The molecule has 70 valence electrons. The molecule has 0 saturated carbocycles. The summed E-state index contributed by atoms with van der Waals surface area (Å²) < 4.78 is 0. The molecule has 0 aromatic rings. The predicted molar refractivity (Wildman–Crippen MR) is 47.6 cm³/mol. The minimum atomic E-state index is -0.0720. The van der Waals surface area contributed by atoms with Gasteiger partial charge in [-0.25, -0.2) is 0 Å². The molecule has 0 unspecified atom stereocenters. The van der Waals surface area contributed by atoms with Gasteiger partial charge >= 0.3 is 0 Å². The Hall–Kier alpha value is -1.50. The third-order valence-corrected chi connectivity index (χ3v) is 2.06. The van der Waals surface area contributed by atoms with Crippen molar-refractivity contribution in [1.29, 1.82) is 0 Å². The van der Waals surface area contributed by atoms with Crippen LogP contribution in [0.25, 0.3) is 0 Å². The first-order valence-electron chi connectivity index (χ1n) is 4.12. The van der Waals surface area contributed by atoms with Gasteiger partial charge in [-0.15, -0.1) is 6.42 Å². The molecule has 1 saturated heterocycles. The molecule has 0 spiro atoms. The van der Waals surface area contributed by atoms with Gasteiger partial charge in [0.05, 0.1) is 12.5 Å². The lowest BCUT2D eigenvalue weighted by atomic mass is 9.99. The van der Waals surface area contributed by atoms with Gasteiger partial charge in [-0.05, 0) is 0 Å². The van der Waals surface area contributed by atoms with Gasteiger partial charge in [0.1, 0.15) is 0 Å². The van der Waals surface area contributed by atoms with Gasteiger partial charge in [-0.2, -0.15) is 0 Å². The SMILES string of the molecule is C#CCNC(=O)C1CN(C(C)=O)C1. The Bertz CT molecular complexity index is 261. The molecular weight excluding hydrogens is 168 g/mol. The quantitative estimate of drug-likeness (QED) is 0.566. The number of likely N-dealkylation sites (tertiary alicyclic amines) is 1. The highest BCUT2D eigenvalue weighted by Crippen LogP contribution is 2.14. The second kappa shape index (κ2) is 3.94. The molecule has 0 aromatic heterocycles. The number of hydrogen-bond acceptors (Lipinski definition) is 2. The van der Waals surface area contributed by atoms with E-state index in [0.29, 0.717) is 13.1 Å². The van der Waals surface area contributed by atoms with Crippen molar-refractivity contribution in [3.05, 3.63) is 0 Å². The van der Waals surface area contributed by atoms with Gasteiger partial charge in [0.2, 0.25) is 11.8 Å². The summed E-state index contributed by atoms with van der Waals surface area (Å²) in [5, 5.41) is 2.58. The van der Waals surface area contributed by atoms with Gasteiger partial charge in [-0.1, -0.05) is 5.92 Å². The van der Waals surface area contributed by atoms with Crippen LogP contribution in [0.15, 0.2) is 0 Å². The van der Waals surface area contributed by atoms with Crippen LogP contribution in [0.2, 0.25) is 0 Å². The lowest BCUT2D eigenvalue weighted by Gasteiger charge is -2.37. The Balaban J connectivity index is 2.24. The number of carbonyl (C=O) groups is 2. The molecule has 0 radical (unpaired) electrons. The number of nitrogens with one attached hydrogen (secondary N) is 1. The van der Waals surface area contributed by atoms with Crippen molar-refractivity contribution in [2.45, 2.75) is 6.92 Å². The summed E-state index contributed by atoms with van der Waals surface area (Å²) in [5.74, 6) is 2.21. The van der Waals surface area contributed by atoms with Gasteiger partial charge in [0.15, 0.2) is 0 Å². The van der Waals surface area contributed by atoms with E-state index in [-0.39, 0.29) is 24.3 Å². The Morgan fingerprint density at radius 2 is 2.23 bits per heavy atom. The number of rotatable bonds is 2. The smallest absolute Gasteiger partial charge is 0.227 e. The zero-order chi connectivity index (χ0) is 9.84. The highest BCUT2D eigenvalue weighted by molar-refractivity contribution is 5.83. The third kappa shape index (κ3) is 2.22. The largest absolute Gasteiger partial charge is 0.345 e. The minimum Gasteiger partial charge on any atom is -0.345 e. The fourth-order valence-electron chi connectivity index (χ4n) is 1.18. The molecule has 13 heavy (non-hydrogen) atoms. The van der Waals surface area contributed by atoms with Gasteiger partial charge in [0, 0.05) is 20.0 Å². The van der Waals surface area contributed by atoms with E-state index in [1.165, 1.54) is 6.92 Å². The molecule has 2 amide bonds. The number of carbonyl (C=O) groups excluding carboxylic acids is 2. The van der Waals surface area contributed by atoms with E-state index >= 15 is 0 Å². The number of terminal acetylenes is 1. The Morgan fingerprint density at radius 3 is 2.69 bits per heavy atom. The second-order valence-corrected chi connectivity index (χ2v) is 3.04.